The number of non-ortho nitro benzene ring substituents is 1. The monoisotopic (exact) mass is 477 g/mol. The van der Waals surface area contributed by atoms with Gasteiger partial charge in [-0.05, 0) is 24.9 Å². The molecule has 1 aliphatic heterocycles. The summed E-state index contributed by atoms with van der Waals surface area (Å²) in [5.74, 6) is -2.98. The minimum atomic E-state index is -1.82. The summed E-state index contributed by atoms with van der Waals surface area (Å²) >= 11 is 0. The Morgan fingerprint density at radius 3 is 2.03 bits per heavy atom. The molecule has 2 heterocycles. The molecule has 0 spiro atoms. The van der Waals surface area contributed by atoms with E-state index in [2.05, 4.69) is 9.80 Å². The molecule has 0 atom stereocenters. The number of piperazine rings is 1. The first kappa shape index (κ1) is 26.3. The Morgan fingerprint density at radius 2 is 1.53 bits per heavy atom. The second-order valence-electron chi connectivity index (χ2n) is 7.71. The van der Waals surface area contributed by atoms with Crippen LogP contribution in [0.2, 0.25) is 0 Å². The van der Waals surface area contributed by atoms with E-state index in [9.17, 15) is 19.7 Å². The van der Waals surface area contributed by atoms with E-state index in [1.54, 1.807) is 19.2 Å². The third-order valence-electron chi connectivity index (χ3n) is 5.47. The van der Waals surface area contributed by atoms with Crippen LogP contribution in [0.15, 0.2) is 39.9 Å². The largest absolute Gasteiger partial charge is 0.473 e. The topological polar surface area (TPSA) is 168 Å². The van der Waals surface area contributed by atoms with Crippen molar-refractivity contribution in [3.63, 3.8) is 0 Å². The fourth-order valence-electron chi connectivity index (χ4n) is 3.52. The summed E-state index contributed by atoms with van der Waals surface area (Å²) in [5.41, 5.74) is 0.612. The van der Waals surface area contributed by atoms with Crippen molar-refractivity contribution in [2.75, 3.05) is 37.6 Å². The molecule has 13 nitrogen and oxygen atoms in total. The van der Waals surface area contributed by atoms with Crippen molar-refractivity contribution in [1.82, 2.24) is 14.0 Å². The van der Waals surface area contributed by atoms with Gasteiger partial charge in [-0.25, -0.2) is 14.4 Å². The molecular formula is C21H27N5O8. The molecular weight excluding hydrogens is 450 g/mol. The van der Waals surface area contributed by atoms with Crippen molar-refractivity contribution in [3.8, 4) is 0 Å². The maximum atomic E-state index is 12.1. The van der Waals surface area contributed by atoms with Gasteiger partial charge in [0.25, 0.3) is 11.2 Å². The van der Waals surface area contributed by atoms with E-state index in [1.165, 1.54) is 17.7 Å². The number of carbonyl (C=O) groups is 2. The molecule has 0 bridgehead atoms. The predicted octanol–water partition coefficient (Wildman–Crippen LogP) is -0.0974. The third-order valence-corrected chi connectivity index (χ3v) is 5.47. The molecule has 1 saturated heterocycles. The number of aliphatic carboxylic acids is 2. The summed E-state index contributed by atoms with van der Waals surface area (Å²) in [7, 11) is 3.17. The van der Waals surface area contributed by atoms with Crippen molar-refractivity contribution in [2.45, 2.75) is 12.8 Å². The van der Waals surface area contributed by atoms with Crippen LogP contribution in [-0.2, 0) is 30.1 Å². The third kappa shape index (κ3) is 7.00. The summed E-state index contributed by atoms with van der Waals surface area (Å²) in [6.07, 6.45) is 1.85. The van der Waals surface area contributed by atoms with Gasteiger partial charge in [-0.15, -0.1) is 0 Å². The van der Waals surface area contributed by atoms with Gasteiger partial charge in [-0.2, -0.15) is 0 Å². The van der Waals surface area contributed by atoms with Crippen LogP contribution >= 0.6 is 0 Å². The molecule has 34 heavy (non-hydrogen) atoms. The number of aryl methyl sites for hydroxylation is 1. The average molecular weight is 477 g/mol. The number of anilines is 1. The standard InChI is InChI=1S/C19H25N5O4.C2H2O4/c1-20-17(14-18(25)21(2)19(20)26)23-12-10-22(11-13-23)9-3-4-15-5-7-16(8-6-15)24(27)28;3-1(4)2(5)6/h5-8,14H,3-4,9-13H2,1-2H3;(H,3,4)(H,5,6). The van der Waals surface area contributed by atoms with Gasteiger partial charge in [0, 0.05) is 58.5 Å². The van der Waals surface area contributed by atoms with Crippen molar-refractivity contribution in [1.29, 1.82) is 0 Å². The highest BCUT2D eigenvalue weighted by Crippen LogP contribution is 2.15. The molecule has 184 valence electrons. The van der Waals surface area contributed by atoms with Crippen LogP contribution in [0.1, 0.15) is 12.0 Å². The normalized spacial score (nSPS) is 13.6. The number of benzene rings is 1. The van der Waals surface area contributed by atoms with E-state index in [1.807, 2.05) is 12.1 Å². The molecule has 0 aliphatic carbocycles. The number of carboxylic acid groups (broad SMARTS) is 2. The van der Waals surface area contributed by atoms with Gasteiger partial charge < -0.3 is 15.1 Å². The molecule has 13 heteroatoms. The number of aromatic nitrogens is 2. The lowest BCUT2D eigenvalue weighted by Gasteiger charge is -2.36. The maximum absolute atomic E-state index is 12.1. The fourth-order valence-corrected chi connectivity index (χ4v) is 3.52. The number of carboxylic acids is 2. The van der Waals surface area contributed by atoms with Crippen molar-refractivity contribution in [2.24, 2.45) is 14.1 Å². The first-order chi connectivity index (χ1) is 16.0. The van der Waals surface area contributed by atoms with Crippen LogP contribution in [0.4, 0.5) is 11.5 Å². The van der Waals surface area contributed by atoms with Crippen LogP contribution in [0, 0.1) is 10.1 Å². The Hall–Kier alpha value is -4.00. The predicted molar refractivity (Wildman–Crippen MR) is 122 cm³/mol. The lowest BCUT2D eigenvalue weighted by molar-refractivity contribution is -0.384. The Bertz CT molecular complexity index is 1140. The smallest absolute Gasteiger partial charge is 0.414 e. The molecule has 3 rings (SSSR count). The molecule has 0 saturated carbocycles. The van der Waals surface area contributed by atoms with Crippen LogP contribution < -0.4 is 16.1 Å². The van der Waals surface area contributed by atoms with Gasteiger partial charge in [-0.3, -0.25) is 28.9 Å². The van der Waals surface area contributed by atoms with Gasteiger partial charge in [0.2, 0.25) is 0 Å². The summed E-state index contributed by atoms with van der Waals surface area (Å²) in [6.45, 7) is 4.20. The van der Waals surface area contributed by atoms with Gasteiger partial charge in [0.1, 0.15) is 5.82 Å². The summed E-state index contributed by atoms with van der Waals surface area (Å²) in [5, 5.41) is 25.5. The van der Waals surface area contributed by atoms with Crippen LogP contribution in [0.25, 0.3) is 0 Å². The molecule has 1 aromatic heterocycles. The van der Waals surface area contributed by atoms with E-state index in [4.69, 9.17) is 19.8 Å². The maximum Gasteiger partial charge on any atom is 0.414 e. The summed E-state index contributed by atoms with van der Waals surface area (Å²) < 4.78 is 2.63. The lowest BCUT2D eigenvalue weighted by Crippen LogP contribution is -2.49. The molecule has 1 fully saturated rings. The van der Waals surface area contributed by atoms with Crippen LogP contribution in [-0.4, -0.2) is 73.8 Å². The molecule has 1 aliphatic rings. The van der Waals surface area contributed by atoms with E-state index in [-0.39, 0.29) is 21.9 Å². The Balaban J connectivity index is 0.000000604. The number of hydrogen-bond donors (Lipinski definition) is 2. The summed E-state index contributed by atoms with van der Waals surface area (Å²) in [4.78, 5) is 57.0. The molecule has 2 aromatic rings. The van der Waals surface area contributed by atoms with Crippen molar-refractivity contribution >= 4 is 23.4 Å². The van der Waals surface area contributed by atoms with Gasteiger partial charge in [0.15, 0.2) is 0 Å². The number of nitro groups is 1. The zero-order valence-corrected chi connectivity index (χ0v) is 18.9. The molecule has 0 radical (unpaired) electrons. The van der Waals surface area contributed by atoms with E-state index < -0.39 is 11.9 Å². The van der Waals surface area contributed by atoms with E-state index in [0.717, 1.165) is 55.7 Å². The number of hydrogen-bond acceptors (Lipinski definition) is 8. The lowest BCUT2D eigenvalue weighted by atomic mass is 10.1. The van der Waals surface area contributed by atoms with Gasteiger partial charge >= 0.3 is 17.6 Å². The summed E-state index contributed by atoms with van der Waals surface area (Å²) in [6, 6.07) is 8.23. The average Bonchev–Trinajstić information content (AvgIpc) is 2.81. The molecule has 2 N–H and O–H groups in total. The Morgan fingerprint density at radius 1 is 0.971 bits per heavy atom. The molecule has 0 amide bonds. The van der Waals surface area contributed by atoms with E-state index in [0.29, 0.717) is 5.82 Å². The zero-order chi connectivity index (χ0) is 25.4. The van der Waals surface area contributed by atoms with Crippen molar-refractivity contribution < 1.29 is 24.7 Å². The minimum Gasteiger partial charge on any atom is -0.473 e. The van der Waals surface area contributed by atoms with Gasteiger partial charge in [0.05, 0.1) is 4.92 Å². The second kappa shape index (κ2) is 11.7. The quantitative estimate of drug-likeness (QED) is 0.326. The number of nitro benzene ring substituents is 1. The Kier molecular flexibility index (Phi) is 9.07. The van der Waals surface area contributed by atoms with Crippen LogP contribution in [0.3, 0.4) is 0 Å². The highest BCUT2D eigenvalue weighted by Gasteiger charge is 2.20. The van der Waals surface area contributed by atoms with Crippen LogP contribution in [0.5, 0.6) is 0 Å². The zero-order valence-electron chi connectivity index (χ0n) is 18.9. The highest BCUT2D eigenvalue weighted by molar-refractivity contribution is 6.27. The molecule has 0 unspecified atom stereocenters. The fraction of sp³-hybridized carbons (Fsp3) is 0.429. The van der Waals surface area contributed by atoms with Crippen molar-refractivity contribution in [3.05, 3.63) is 66.8 Å². The molecule has 1 aromatic carbocycles. The van der Waals surface area contributed by atoms with Gasteiger partial charge in [-0.1, -0.05) is 12.1 Å². The highest BCUT2D eigenvalue weighted by atomic mass is 16.6. The first-order valence-corrected chi connectivity index (χ1v) is 10.4. The number of nitrogens with zero attached hydrogens (tertiary/aromatic N) is 5. The second-order valence-corrected chi connectivity index (χ2v) is 7.71. The van der Waals surface area contributed by atoms with E-state index >= 15 is 0 Å². The minimum absolute atomic E-state index is 0.116. The SMILES string of the molecule is Cn1c(N2CCN(CCCc3ccc([N+](=O)[O-])cc3)CC2)cc(=O)n(C)c1=O.O=C(O)C(=O)O. The Labute approximate surface area is 194 Å². The number of rotatable bonds is 6. The first-order valence-electron chi connectivity index (χ1n) is 10.4.